The fraction of sp³-hybridized carbons (Fsp3) is 0.500. The number of benzene rings is 1. The summed E-state index contributed by atoms with van der Waals surface area (Å²) >= 11 is 6.09. The molecule has 2 N–H and O–H groups in total. The number of hydrogen-bond acceptors (Lipinski definition) is 4. The number of nitrogens with zero attached hydrogens (tertiary/aromatic N) is 4. The van der Waals surface area contributed by atoms with Gasteiger partial charge in [-0.25, -0.2) is 4.68 Å². The van der Waals surface area contributed by atoms with Crippen LogP contribution in [0.15, 0.2) is 18.2 Å². The highest BCUT2D eigenvalue weighted by Gasteiger charge is 2.20. The van der Waals surface area contributed by atoms with Crippen molar-refractivity contribution < 1.29 is 0 Å². The van der Waals surface area contributed by atoms with Gasteiger partial charge < -0.3 is 5.73 Å². The van der Waals surface area contributed by atoms with Crippen molar-refractivity contribution in [2.75, 3.05) is 5.73 Å². The zero-order valence-corrected chi connectivity index (χ0v) is 12.1. The van der Waals surface area contributed by atoms with Gasteiger partial charge in [0.1, 0.15) is 0 Å². The first-order chi connectivity index (χ1) is 9.75. The van der Waals surface area contributed by atoms with Crippen molar-refractivity contribution in [2.45, 2.75) is 44.6 Å². The smallest absolute Gasteiger partial charge is 0.182 e. The van der Waals surface area contributed by atoms with Crippen LogP contribution in [0.3, 0.4) is 0 Å². The van der Waals surface area contributed by atoms with Gasteiger partial charge in [-0.2, -0.15) is 0 Å². The van der Waals surface area contributed by atoms with Crippen LogP contribution >= 0.6 is 11.6 Å². The molecule has 0 saturated heterocycles. The topological polar surface area (TPSA) is 69.6 Å². The number of aromatic nitrogens is 4. The van der Waals surface area contributed by atoms with Crippen LogP contribution in [-0.2, 0) is 0 Å². The standard InChI is InChI=1S/C14H18ClN5/c15-12-9-10(7-8-13(12)16)14-17-18-19-20(14)11-5-3-1-2-4-6-11/h7-9,11H,1-6,16H2. The first kappa shape index (κ1) is 13.4. The van der Waals surface area contributed by atoms with Crippen molar-refractivity contribution in [3.8, 4) is 11.4 Å². The molecular formula is C14H18ClN5. The normalized spacial score (nSPS) is 17.1. The Morgan fingerprint density at radius 2 is 1.90 bits per heavy atom. The van der Waals surface area contributed by atoms with E-state index in [2.05, 4.69) is 15.5 Å². The molecule has 1 saturated carbocycles. The zero-order valence-electron chi connectivity index (χ0n) is 11.3. The molecule has 0 amide bonds. The van der Waals surface area contributed by atoms with E-state index >= 15 is 0 Å². The van der Waals surface area contributed by atoms with Gasteiger partial charge in [0.2, 0.25) is 0 Å². The van der Waals surface area contributed by atoms with Crippen LogP contribution in [0.5, 0.6) is 0 Å². The molecule has 0 bridgehead atoms. The average molecular weight is 292 g/mol. The monoisotopic (exact) mass is 291 g/mol. The maximum absolute atomic E-state index is 6.09. The van der Waals surface area contributed by atoms with Crippen molar-refractivity contribution in [2.24, 2.45) is 0 Å². The molecule has 6 heteroatoms. The molecule has 1 aromatic carbocycles. The molecule has 3 rings (SSSR count). The summed E-state index contributed by atoms with van der Waals surface area (Å²) in [6, 6.07) is 5.93. The quantitative estimate of drug-likeness (QED) is 0.679. The van der Waals surface area contributed by atoms with E-state index in [1.807, 2.05) is 16.8 Å². The lowest BCUT2D eigenvalue weighted by molar-refractivity contribution is 0.400. The van der Waals surface area contributed by atoms with Gasteiger partial charge >= 0.3 is 0 Å². The number of nitrogen functional groups attached to an aromatic ring is 1. The molecule has 1 aliphatic rings. The van der Waals surface area contributed by atoms with E-state index in [-0.39, 0.29) is 0 Å². The van der Waals surface area contributed by atoms with E-state index < -0.39 is 0 Å². The number of halogens is 1. The molecule has 0 unspecified atom stereocenters. The lowest BCUT2D eigenvalue weighted by atomic mass is 10.1. The lowest BCUT2D eigenvalue weighted by Gasteiger charge is -2.15. The van der Waals surface area contributed by atoms with Crippen LogP contribution < -0.4 is 5.73 Å². The molecule has 1 heterocycles. The van der Waals surface area contributed by atoms with Gasteiger partial charge in [-0.1, -0.05) is 37.3 Å². The number of hydrogen-bond donors (Lipinski definition) is 1. The third-order valence-corrected chi connectivity index (χ3v) is 4.25. The summed E-state index contributed by atoms with van der Waals surface area (Å²) < 4.78 is 1.95. The first-order valence-corrected chi connectivity index (χ1v) is 7.47. The minimum atomic E-state index is 0.388. The number of tetrazole rings is 1. The van der Waals surface area contributed by atoms with Crippen LogP contribution in [-0.4, -0.2) is 20.2 Å². The first-order valence-electron chi connectivity index (χ1n) is 7.09. The van der Waals surface area contributed by atoms with E-state index in [1.54, 1.807) is 6.07 Å². The molecule has 106 valence electrons. The van der Waals surface area contributed by atoms with E-state index in [0.29, 0.717) is 16.8 Å². The highest BCUT2D eigenvalue weighted by atomic mass is 35.5. The highest BCUT2D eigenvalue weighted by Crippen LogP contribution is 2.31. The Kier molecular flexibility index (Phi) is 3.87. The summed E-state index contributed by atoms with van der Waals surface area (Å²) in [5.41, 5.74) is 7.24. The largest absolute Gasteiger partial charge is 0.398 e. The van der Waals surface area contributed by atoms with Crippen molar-refractivity contribution >= 4 is 17.3 Å². The molecule has 0 spiro atoms. The Morgan fingerprint density at radius 1 is 1.15 bits per heavy atom. The van der Waals surface area contributed by atoms with Crippen LogP contribution in [0.4, 0.5) is 5.69 Å². The van der Waals surface area contributed by atoms with Gasteiger partial charge in [0.15, 0.2) is 5.82 Å². The molecule has 5 nitrogen and oxygen atoms in total. The molecule has 20 heavy (non-hydrogen) atoms. The molecule has 1 aromatic heterocycles. The maximum atomic E-state index is 6.09. The average Bonchev–Trinajstić information content (AvgIpc) is 2.77. The Morgan fingerprint density at radius 3 is 2.60 bits per heavy atom. The fourth-order valence-electron chi connectivity index (χ4n) is 2.80. The van der Waals surface area contributed by atoms with Gasteiger partial charge in [0.05, 0.1) is 16.8 Å². The second-order valence-electron chi connectivity index (χ2n) is 5.33. The van der Waals surface area contributed by atoms with Gasteiger partial charge in [-0.05, 0) is 41.5 Å². The molecule has 1 aliphatic carbocycles. The van der Waals surface area contributed by atoms with E-state index in [9.17, 15) is 0 Å². The van der Waals surface area contributed by atoms with Crippen molar-refractivity contribution in [3.05, 3.63) is 23.2 Å². The maximum Gasteiger partial charge on any atom is 0.182 e. The minimum absolute atomic E-state index is 0.388. The number of rotatable bonds is 2. The van der Waals surface area contributed by atoms with Crippen LogP contribution in [0.2, 0.25) is 5.02 Å². The van der Waals surface area contributed by atoms with Crippen molar-refractivity contribution in [1.82, 2.24) is 20.2 Å². The second kappa shape index (κ2) is 5.79. The Hall–Kier alpha value is -1.62. The molecule has 0 aliphatic heterocycles. The molecule has 2 aromatic rings. The van der Waals surface area contributed by atoms with E-state index in [4.69, 9.17) is 17.3 Å². The highest BCUT2D eigenvalue weighted by molar-refractivity contribution is 6.33. The van der Waals surface area contributed by atoms with Gasteiger partial charge in [-0.3, -0.25) is 0 Å². The summed E-state index contributed by atoms with van der Waals surface area (Å²) in [6.07, 6.45) is 7.38. The SMILES string of the molecule is Nc1ccc(-c2nnnn2C2CCCCCC2)cc1Cl. The lowest BCUT2D eigenvalue weighted by Crippen LogP contribution is -2.11. The minimum Gasteiger partial charge on any atom is -0.398 e. The Labute approximate surface area is 123 Å². The number of nitrogens with two attached hydrogens (primary N) is 1. The van der Waals surface area contributed by atoms with Gasteiger partial charge in [-0.15, -0.1) is 5.10 Å². The molecule has 0 atom stereocenters. The molecule has 1 fully saturated rings. The Balaban J connectivity index is 1.94. The van der Waals surface area contributed by atoms with E-state index in [1.165, 1.54) is 25.7 Å². The summed E-state index contributed by atoms with van der Waals surface area (Å²) in [5.74, 6) is 0.777. The zero-order chi connectivity index (χ0) is 13.9. The van der Waals surface area contributed by atoms with Gasteiger partial charge in [0.25, 0.3) is 0 Å². The van der Waals surface area contributed by atoms with Crippen LogP contribution in [0.25, 0.3) is 11.4 Å². The van der Waals surface area contributed by atoms with Crippen LogP contribution in [0, 0.1) is 0 Å². The second-order valence-corrected chi connectivity index (χ2v) is 5.74. The summed E-state index contributed by atoms with van der Waals surface area (Å²) in [7, 11) is 0. The predicted octanol–water partition coefficient (Wildman–Crippen LogP) is 3.47. The number of anilines is 1. The van der Waals surface area contributed by atoms with Gasteiger partial charge in [0, 0.05) is 5.56 Å². The third-order valence-electron chi connectivity index (χ3n) is 3.92. The molecule has 0 radical (unpaired) electrons. The summed E-state index contributed by atoms with van der Waals surface area (Å²) in [5, 5.41) is 12.7. The molecular weight excluding hydrogens is 274 g/mol. The Bertz CT molecular complexity index is 587. The third kappa shape index (κ3) is 2.63. The summed E-state index contributed by atoms with van der Waals surface area (Å²) in [6.45, 7) is 0. The predicted molar refractivity (Wildman–Crippen MR) is 79.4 cm³/mol. The van der Waals surface area contributed by atoms with Crippen LogP contribution in [0.1, 0.15) is 44.6 Å². The van der Waals surface area contributed by atoms with Crippen molar-refractivity contribution in [3.63, 3.8) is 0 Å². The van der Waals surface area contributed by atoms with E-state index in [0.717, 1.165) is 24.2 Å². The van der Waals surface area contributed by atoms with Crippen molar-refractivity contribution in [1.29, 1.82) is 0 Å². The summed E-state index contributed by atoms with van der Waals surface area (Å²) in [4.78, 5) is 0. The fourth-order valence-corrected chi connectivity index (χ4v) is 2.98.